The van der Waals surface area contributed by atoms with E-state index in [9.17, 15) is 0 Å². The highest BCUT2D eigenvalue weighted by molar-refractivity contribution is 6.30. The number of oxazole rings is 1. The first-order valence-electron chi connectivity index (χ1n) is 10.3. The third kappa shape index (κ3) is 4.06. The molecule has 3 aromatic heterocycles. The van der Waals surface area contributed by atoms with Gasteiger partial charge in [0, 0.05) is 34.1 Å². The van der Waals surface area contributed by atoms with Crippen molar-refractivity contribution in [3.8, 4) is 33.9 Å². The number of hydrogen-bond acceptors (Lipinski definition) is 6. The van der Waals surface area contributed by atoms with Gasteiger partial charge in [0.15, 0.2) is 5.76 Å². The maximum Gasteiger partial charge on any atom is 0.230 e. The molecular formula is C23H23ClN6O. The van der Waals surface area contributed by atoms with Crippen LogP contribution in [0.4, 0.5) is 5.82 Å². The maximum atomic E-state index is 6.15. The summed E-state index contributed by atoms with van der Waals surface area (Å²) in [5.74, 6) is 1.45. The van der Waals surface area contributed by atoms with Crippen molar-refractivity contribution in [3.63, 3.8) is 0 Å². The molecule has 0 aliphatic carbocycles. The first kappa shape index (κ1) is 19.8. The van der Waals surface area contributed by atoms with Crippen LogP contribution in [0, 0.1) is 0 Å². The van der Waals surface area contributed by atoms with Crippen LogP contribution in [0.2, 0.25) is 5.02 Å². The minimum absolute atomic E-state index is 0.371. The van der Waals surface area contributed by atoms with Gasteiger partial charge in [-0.15, -0.1) is 0 Å². The van der Waals surface area contributed by atoms with Gasteiger partial charge >= 0.3 is 0 Å². The van der Waals surface area contributed by atoms with Crippen molar-refractivity contribution < 1.29 is 4.42 Å². The number of benzene rings is 1. The fraction of sp³-hybridized carbons (Fsp3) is 0.261. The molecule has 1 aliphatic rings. The average molecular weight is 435 g/mol. The first-order chi connectivity index (χ1) is 15.1. The Morgan fingerprint density at radius 3 is 2.55 bits per heavy atom. The summed E-state index contributed by atoms with van der Waals surface area (Å²) in [5, 5.41) is 5.28. The first-order valence-corrected chi connectivity index (χ1v) is 10.7. The lowest BCUT2D eigenvalue weighted by Crippen LogP contribution is -2.31. The molecule has 1 fully saturated rings. The van der Waals surface area contributed by atoms with E-state index in [2.05, 4.69) is 37.9 Å². The number of pyridine rings is 1. The number of anilines is 1. The van der Waals surface area contributed by atoms with Gasteiger partial charge in [-0.3, -0.25) is 4.68 Å². The molecule has 4 heterocycles. The summed E-state index contributed by atoms with van der Waals surface area (Å²) >= 11 is 5.97. The molecule has 0 saturated carbocycles. The minimum Gasteiger partial charge on any atom is -0.436 e. The molecule has 31 heavy (non-hydrogen) atoms. The molecule has 0 spiro atoms. The number of nitrogen functional groups attached to an aromatic ring is 1. The molecule has 1 saturated heterocycles. The van der Waals surface area contributed by atoms with Gasteiger partial charge in [-0.2, -0.15) is 5.10 Å². The molecule has 0 bridgehead atoms. The summed E-state index contributed by atoms with van der Waals surface area (Å²) in [6, 6.07) is 9.80. The summed E-state index contributed by atoms with van der Waals surface area (Å²) < 4.78 is 8.05. The Balaban J connectivity index is 1.42. The van der Waals surface area contributed by atoms with Crippen LogP contribution in [0.3, 0.4) is 0 Å². The SMILES string of the molecule is CN1CCC(n2cc(-c3cnc(N)c(-c4ncc(-c5ccc(Cl)cc5)o4)c3)cn2)CC1. The van der Waals surface area contributed by atoms with Gasteiger partial charge in [0.2, 0.25) is 5.89 Å². The lowest BCUT2D eigenvalue weighted by Gasteiger charge is -2.28. The molecule has 4 aromatic rings. The Labute approximate surface area is 185 Å². The Morgan fingerprint density at radius 1 is 1.00 bits per heavy atom. The van der Waals surface area contributed by atoms with Gasteiger partial charge in [0.1, 0.15) is 5.82 Å². The second-order valence-corrected chi connectivity index (χ2v) is 8.37. The predicted molar refractivity (Wildman–Crippen MR) is 122 cm³/mol. The van der Waals surface area contributed by atoms with Crippen LogP contribution in [0.5, 0.6) is 0 Å². The van der Waals surface area contributed by atoms with E-state index in [4.69, 9.17) is 21.8 Å². The van der Waals surface area contributed by atoms with E-state index in [0.29, 0.717) is 34.1 Å². The highest BCUT2D eigenvalue weighted by atomic mass is 35.5. The highest BCUT2D eigenvalue weighted by Crippen LogP contribution is 2.32. The quantitative estimate of drug-likeness (QED) is 0.498. The van der Waals surface area contributed by atoms with Crippen LogP contribution in [0.15, 0.2) is 59.5 Å². The average Bonchev–Trinajstić information content (AvgIpc) is 3.46. The van der Waals surface area contributed by atoms with Gasteiger partial charge in [0.05, 0.1) is 24.0 Å². The van der Waals surface area contributed by atoms with Crippen LogP contribution in [-0.2, 0) is 0 Å². The summed E-state index contributed by atoms with van der Waals surface area (Å²) in [4.78, 5) is 11.1. The summed E-state index contributed by atoms with van der Waals surface area (Å²) in [5.41, 5.74) is 9.62. The van der Waals surface area contributed by atoms with Crippen LogP contribution in [0.1, 0.15) is 18.9 Å². The molecule has 0 radical (unpaired) electrons. The van der Waals surface area contributed by atoms with Crippen molar-refractivity contribution >= 4 is 17.4 Å². The van der Waals surface area contributed by atoms with E-state index in [-0.39, 0.29) is 0 Å². The Hall–Kier alpha value is -3.16. The molecular weight excluding hydrogens is 412 g/mol. The number of nitrogens with zero attached hydrogens (tertiary/aromatic N) is 5. The largest absolute Gasteiger partial charge is 0.436 e. The number of halogens is 1. The van der Waals surface area contributed by atoms with Gasteiger partial charge < -0.3 is 15.1 Å². The fourth-order valence-electron chi connectivity index (χ4n) is 3.90. The number of likely N-dealkylation sites (tertiary alicyclic amines) is 1. The summed E-state index contributed by atoms with van der Waals surface area (Å²) in [6.45, 7) is 2.18. The van der Waals surface area contributed by atoms with E-state index < -0.39 is 0 Å². The van der Waals surface area contributed by atoms with Gasteiger partial charge in [-0.05, 0) is 63.3 Å². The van der Waals surface area contributed by atoms with Crippen molar-refractivity contribution in [1.82, 2.24) is 24.6 Å². The standard InChI is InChI=1S/C23H23ClN6O/c1-29-8-6-19(7-9-29)30-14-17(12-28-30)16-10-20(22(25)26-11-16)23-27-13-21(31-23)15-2-4-18(24)5-3-15/h2-5,10-14,19H,6-9H2,1H3,(H2,25,26). The maximum absolute atomic E-state index is 6.15. The molecule has 158 valence electrons. The number of aromatic nitrogens is 4. The molecule has 7 nitrogen and oxygen atoms in total. The second-order valence-electron chi connectivity index (χ2n) is 7.94. The zero-order valence-corrected chi connectivity index (χ0v) is 18.0. The molecule has 0 atom stereocenters. The zero-order valence-electron chi connectivity index (χ0n) is 17.2. The van der Waals surface area contributed by atoms with E-state index in [1.54, 1.807) is 12.4 Å². The molecule has 0 amide bonds. The van der Waals surface area contributed by atoms with E-state index in [1.807, 2.05) is 36.5 Å². The monoisotopic (exact) mass is 434 g/mol. The molecule has 2 N–H and O–H groups in total. The predicted octanol–water partition coefficient (Wildman–Crippen LogP) is 4.77. The lowest BCUT2D eigenvalue weighted by atomic mass is 10.1. The number of nitrogens with two attached hydrogens (primary N) is 1. The van der Waals surface area contributed by atoms with Crippen molar-refractivity contribution in [2.45, 2.75) is 18.9 Å². The Bertz CT molecular complexity index is 1190. The molecule has 5 rings (SSSR count). The van der Waals surface area contributed by atoms with E-state index in [0.717, 1.165) is 42.6 Å². The second kappa shape index (κ2) is 8.17. The summed E-state index contributed by atoms with van der Waals surface area (Å²) in [7, 11) is 2.16. The Kier molecular flexibility index (Phi) is 5.21. The van der Waals surface area contributed by atoms with Gasteiger partial charge in [0.25, 0.3) is 0 Å². The summed E-state index contributed by atoms with van der Waals surface area (Å²) in [6.07, 6.45) is 9.62. The Morgan fingerprint density at radius 2 is 1.77 bits per heavy atom. The third-order valence-corrected chi connectivity index (χ3v) is 6.03. The zero-order chi connectivity index (χ0) is 21.4. The van der Waals surface area contributed by atoms with Crippen LogP contribution >= 0.6 is 11.6 Å². The normalized spacial score (nSPS) is 15.4. The number of rotatable bonds is 4. The van der Waals surface area contributed by atoms with Crippen molar-refractivity contribution in [2.24, 2.45) is 0 Å². The fourth-order valence-corrected chi connectivity index (χ4v) is 4.02. The molecule has 1 aromatic carbocycles. The topological polar surface area (TPSA) is 86.0 Å². The minimum atomic E-state index is 0.371. The number of piperidine rings is 1. The van der Waals surface area contributed by atoms with Gasteiger partial charge in [-0.1, -0.05) is 11.6 Å². The number of hydrogen-bond donors (Lipinski definition) is 1. The van der Waals surface area contributed by atoms with E-state index in [1.165, 1.54) is 0 Å². The van der Waals surface area contributed by atoms with Crippen LogP contribution < -0.4 is 5.73 Å². The molecule has 8 heteroatoms. The lowest BCUT2D eigenvalue weighted by molar-refractivity contribution is 0.212. The smallest absolute Gasteiger partial charge is 0.230 e. The molecule has 0 unspecified atom stereocenters. The van der Waals surface area contributed by atoms with Crippen molar-refractivity contribution in [3.05, 3.63) is 60.1 Å². The van der Waals surface area contributed by atoms with Crippen molar-refractivity contribution in [2.75, 3.05) is 25.9 Å². The molecule has 1 aliphatic heterocycles. The van der Waals surface area contributed by atoms with Gasteiger partial charge in [-0.25, -0.2) is 9.97 Å². The van der Waals surface area contributed by atoms with E-state index >= 15 is 0 Å². The van der Waals surface area contributed by atoms with Crippen LogP contribution in [0.25, 0.3) is 33.9 Å². The van der Waals surface area contributed by atoms with Crippen molar-refractivity contribution in [1.29, 1.82) is 0 Å². The van der Waals surface area contributed by atoms with Crippen LogP contribution in [-0.4, -0.2) is 44.8 Å². The third-order valence-electron chi connectivity index (χ3n) is 5.78. The highest BCUT2D eigenvalue weighted by Gasteiger charge is 2.20.